The van der Waals surface area contributed by atoms with Gasteiger partial charge in [0.2, 0.25) is 0 Å². The maximum absolute atomic E-state index is 2.43. The van der Waals surface area contributed by atoms with Crippen LogP contribution >= 0.6 is 0 Å². The highest BCUT2D eigenvalue weighted by Crippen LogP contribution is 2.57. The fraction of sp³-hybridized carbons (Fsp3) is 0.0137. The normalized spacial score (nSPS) is 12.4. The van der Waals surface area contributed by atoms with Crippen molar-refractivity contribution in [1.82, 2.24) is 4.57 Å². The quantitative estimate of drug-likeness (QED) is 0.133. The molecule has 0 radical (unpaired) electrons. The van der Waals surface area contributed by atoms with Crippen LogP contribution in [0.15, 0.2) is 303 Å². The predicted octanol–water partition coefficient (Wildman–Crippen LogP) is 19.3. The zero-order valence-electron chi connectivity index (χ0n) is 41.3. The minimum Gasteiger partial charge on any atom is -0.310 e. The molecule has 75 heavy (non-hydrogen) atoms. The van der Waals surface area contributed by atoms with Crippen molar-refractivity contribution in [3.05, 3.63) is 326 Å². The number of aromatic nitrogens is 1. The van der Waals surface area contributed by atoms with Crippen LogP contribution in [0.4, 0.5) is 17.1 Å². The van der Waals surface area contributed by atoms with E-state index in [-0.39, 0.29) is 0 Å². The summed E-state index contributed by atoms with van der Waals surface area (Å²) in [4.78, 5) is 2.43. The Morgan fingerprint density at radius 3 is 1.37 bits per heavy atom. The Kier molecular flexibility index (Phi) is 10.8. The molecule has 1 heterocycles. The fourth-order valence-electron chi connectivity index (χ4n) is 12.0. The van der Waals surface area contributed by atoms with Crippen LogP contribution in [0, 0.1) is 0 Å². The largest absolute Gasteiger partial charge is 0.310 e. The Hall–Kier alpha value is -9.76. The van der Waals surface area contributed by atoms with Crippen LogP contribution in [0.25, 0.3) is 83.1 Å². The lowest BCUT2D eigenvalue weighted by Gasteiger charge is -2.34. The molecule has 1 aromatic heterocycles. The Bertz CT molecular complexity index is 4160. The van der Waals surface area contributed by atoms with E-state index in [4.69, 9.17) is 0 Å². The van der Waals surface area contributed by atoms with Crippen molar-refractivity contribution in [3.63, 3.8) is 0 Å². The van der Waals surface area contributed by atoms with Crippen molar-refractivity contribution in [2.45, 2.75) is 5.41 Å². The molecule has 0 fully saturated rings. The maximum Gasteiger partial charge on any atom is 0.0713 e. The number of benzene rings is 12. The maximum atomic E-state index is 2.43. The highest BCUT2D eigenvalue weighted by Gasteiger charge is 2.46. The van der Waals surface area contributed by atoms with Crippen LogP contribution in [-0.4, -0.2) is 4.57 Å². The second-order valence-corrected chi connectivity index (χ2v) is 19.6. The SMILES string of the molecule is c1ccc(-c2ccc(N(c3cccc(-c4cccc(-c5ccc6c7ccccc7n(-c7ccc(-c8ccccc8)cc7)c6c5)c4)c3)c3ccc4c(c3)-c3ccccc3C4(c3ccccc3)c3ccccc3)cc2)cc1. The van der Waals surface area contributed by atoms with Gasteiger partial charge in [-0.05, 0) is 145 Å². The third-order valence-corrected chi connectivity index (χ3v) is 15.5. The Morgan fingerprint density at radius 1 is 0.253 bits per heavy atom. The summed E-state index contributed by atoms with van der Waals surface area (Å²) < 4.78 is 2.41. The molecular formula is C73H50N2. The first-order chi connectivity index (χ1) is 37.2. The van der Waals surface area contributed by atoms with E-state index < -0.39 is 5.41 Å². The molecule has 12 aromatic carbocycles. The highest BCUT2D eigenvalue weighted by atomic mass is 15.1. The van der Waals surface area contributed by atoms with Crippen LogP contribution in [0.2, 0.25) is 0 Å². The summed E-state index contributed by atoms with van der Waals surface area (Å²) in [5.41, 5.74) is 23.4. The molecule has 1 aliphatic carbocycles. The van der Waals surface area contributed by atoms with E-state index >= 15 is 0 Å². The van der Waals surface area contributed by atoms with Gasteiger partial charge in [0.1, 0.15) is 0 Å². The third-order valence-electron chi connectivity index (χ3n) is 15.5. The second-order valence-electron chi connectivity index (χ2n) is 19.6. The predicted molar refractivity (Wildman–Crippen MR) is 315 cm³/mol. The number of hydrogen-bond acceptors (Lipinski definition) is 1. The molecule has 0 saturated heterocycles. The van der Waals surface area contributed by atoms with E-state index in [1.54, 1.807) is 0 Å². The van der Waals surface area contributed by atoms with Gasteiger partial charge in [0, 0.05) is 33.5 Å². The number of anilines is 3. The van der Waals surface area contributed by atoms with E-state index in [9.17, 15) is 0 Å². The van der Waals surface area contributed by atoms with Gasteiger partial charge in [-0.25, -0.2) is 0 Å². The van der Waals surface area contributed by atoms with Gasteiger partial charge in [-0.3, -0.25) is 0 Å². The molecule has 1 aliphatic rings. The minimum absolute atomic E-state index is 0.477. The van der Waals surface area contributed by atoms with Crippen molar-refractivity contribution in [2.75, 3.05) is 4.90 Å². The molecule has 2 nitrogen and oxygen atoms in total. The summed E-state index contributed by atoms with van der Waals surface area (Å²) in [6.45, 7) is 0. The molecule has 14 rings (SSSR count). The molecule has 0 N–H and O–H groups in total. The van der Waals surface area contributed by atoms with Crippen LogP contribution in [0.3, 0.4) is 0 Å². The van der Waals surface area contributed by atoms with Crippen LogP contribution in [0.5, 0.6) is 0 Å². The van der Waals surface area contributed by atoms with E-state index in [0.29, 0.717) is 0 Å². The molecule has 0 spiro atoms. The lowest BCUT2D eigenvalue weighted by atomic mass is 9.68. The van der Waals surface area contributed by atoms with Crippen molar-refractivity contribution in [1.29, 1.82) is 0 Å². The second kappa shape index (κ2) is 18.4. The molecule has 13 aromatic rings. The molecule has 0 amide bonds. The third kappa shape index (κ3) is 7.49. The summed E-state index contributed by atoms with van der Waals surface area (Å²) in [5, 5.41) is 2.48. The molecule has 2 heteroatoms. The first kappa shape index (κ1) is 44.0. The average Bonchev–Trinajstić information content (AvgIpc) is 3.99. The molecule has 0 bridgehead atoms. The smallest absolute Gasteiger partial charge is 0.0713 e. The molecule has 0 atom stereocenters. The minimum atomic E-state index is -0.477. The van der Waals surface area contributed by atoms with E-state index in [0.717, 1.165) is 33.9 Å². The lowest BCUT2D eigenvalue weighted by molar-refractivity contribution is 0.768. The van der Waals surface area contributed by atoms with Gasteiger partial charge < -0.3 is 9.47 Å². The zero-order chi connectivity index (χ0) is 49.7. The number of nitrogens with zero attached hydrogens (tertiary/aromatic N) is 2. The van der Waals surface area contributed by atoms with Crippen molar-refractivity contribution in [2.24, 2.45) is 0 Å². The van der Waals surface area contributed by atoms with Gasteiger partial charge in [-0.1, -0.05) is 237 Å². The molecular weight excluding hydrogens is 905 g/mol. The number of hydrogen-bond donors (Lipinski definition) is 0. The van der Waals surface area contributed by atoms with Crippen LogP contribution in [0.1, 0.15) is 22.3 Å². The summed E-state index contributed by atoms with van der Waals surface area (Å²) in [5.74, 6) is 0. The average molecular weight is 955 g/mol. The summed E-state index contributed by atoms with van der Waals surface area (Å²) in [6.07, 6.45) is 0. The van der Waals surface area contributed by atoms with Crippen molar-refractivity contribution < 1.29 is 0 Å². The van der Waals surface area contributed by atoms with E-state index in [1.807, 2.05) is 0 Å². The van der Waals surface area contributed by atoms with Gasteiger partial charge in [-0.15, -0.1) is 0 Å². The Balaban J connectivity index is 0.880. The first-order valence-corrected chi connectivity index (χ1v) is 25.9. The number of para-hydroxylation sites is 1. The van der Waals surface area contributed by atoms with Gasteiger partial charge in [0.25, 0.3) is 0 Å². The molecule has 0 aliphatic heterocycles. The van der Waals surface area contributed by atoms with Crippen LogP contribution in [-0.2, 0) is 5.41 Å². The summed E-state index contributed by atoms with van der Waals surface area (Å²) in [7, 11) is 0. The molecule has 352 valence electrons. The monoisotopic (exact) mass is 954 g/mol. The van der Waals surface area contributed by atoms with E-state index in [1.165, 1.54) is 88.6 Å². The van der Waals surface area contributed by atoms with E-state index in [2.05, 4.69) is 313 Å². The number of fused-ring (bicyclic) bond motifs is 6. The van der Waals surface area contributed by atoms with Gasteiger partial charge >= 0.3 is 0 Å². The highest BCUT2D eigenvalue weighted by molar-refractivity contribution is 6.10. The van der Waals surface area contributed by atoms with Gasteiger partial charge in [-0.2, -0.15) is 0 Å². The standard InChI is InChI=1S/C73H50N2/c1-5-19-51(20-6-1)53-35-40-61(41-36-53)74(64-44-46-70-68(50-64)65-31-13-15-33-69(65)73(70,59-26-9-3-10-27-59)60-28-11-4-12-29-60)63-30-18-25-57(48-63)55-23-17-24-56(47-55)58-39-45-67-66-32-14-16-34-71(66)75(72(67)49-58)62-42-37-54(38-43-62)52-21-7-2-8-22-52/h1-50H. The van der Waals surface area contributed by atoms with Gasteiger partial charge in [0.15, 0.2) is 0 Å². The van der Waals surface area contributed by atoms with Crippen molar-refractivity contribution >= 4 is 38.9 Å². The summed E-state index contributed by atoms with van der Waals surface area (Å²) in [6, 6.07) is 111. The van der Waals surface area contributed by atoms with Crippen LogP contribution < -0.4 is 4.90 Å². The zero-order valence-corrected chi connectivity index (χ0v) is 41.3. The molecule has 0 unspecified atom stereocenters. The Labute approximate surface area is 438 Å². The van der Waals surface area contributed by atoms with Crippen molar-refractivity contribution in [3.8, 4) is 61.3 Å². The summed E-state index contributed by atoms with van der Waals surface area (Å²) >= 11 is 0. The first-order valence-electron chi connectivity index (χ1n) is 25.9. The topological polar surface area (TPSA) is 8.17 Å². The number of rotatable bonds is 10. The Morgan fingerprint density at radius 2 is 0.707 bits per heavy atom. The fourth-order valence-corrected chi connectivity index (χ4v) is 12.0. The van der Waals surface area contributed by atoms with Gasteiger partial charge in [0.05, 0.1) is 16.4 Å². The molecule has 0 saturated carbocycles. The lowest BCUT2D eigenvalue weighted by Crippen LogP contribution is -2.28.